The van der Waals surface area contributed by atoms with Crippen LogP contribution in [0.4, 0.5) is 0 Å². The number of hydrogen-bond donors (Lipinski definition) is 1. The molecule has 0 saturated carbocycles. The Hall–Kier alpha value is -3.18. The molecule has 5 nitrogen and oxygen atoms in total. The summed E-state index contributed by atoms with van der Waals surface area (Å²) in [6.07, 6.45) is 5.71. The Morgan fingerprint density at radius 2 is 1.73 bits per heavy atom. The second-order valence-corrected chi connectivity index (χ2v) is 7.38. The van der Waals surface area contributed by atoms with Crippen LogP contribution >= 0.6 is 0 Å². The van der Waals surface area contributed by atoms with Crippen LogP contribution in [0.2, 0.25) is 0 Å². The molecule has 2 aromatic carbocycles. The number of nitrogens with zero attached hydrogens (tertiary/aromatic N) is 2. The van der Waals surface area contributed by atoms with Gasteiger partial charge >= 0.3 is 0 Å². The highest BCUT2D eigenvalue weighted by molar-refractivity contribution is 7.89. The van der Waals surface area contributed by atoms with Crippen LogP contribution in [-0.4, -0.2) is 18.2 Å². The summed E-state index contributed by atoms with van der Waals surface area (Å²) >= 11 is 0. The van der Waals surface area contributed by atoms with Gasteiger partial charge in [0.1, 0.15) is 5.69 Å². The Balaban J connectivity index is 1.87. The number of rotatable bonds is 4. The first-order valence-electron chi connectivity index (χ1n) is 7.95. The lowest BCUT2D eigenvalue weighted by atomic mass is 10.1. The van der Waals surface area contributed by atoms with Crippen LogP contribution in [0.25, 0.3) is 22.5 Å². The van der Waals surface area contributed by atoms with Crippen LogP contribution < -0.4 is 5.14 Å². The van der Waals surface area contributed by atoms with E-state index in [1.54, 1.807) is 16.8 Å². The maximum absolute atomic E-state index is 11.5. The van der Waals surface area contributed by atoms with Crippen molar-refractivity contribution in [3.63, 3.8) is 0 Å². The number of sulfonamides is 1. The van der Waals surface area contributed by atoms with Crippen molar-refractivity contribution in [2.45, 2.75) is 4.90 Å². The predicted octanol–water partition coefficient (Wildman–Crippen LogP) is 3.30. The first kappa shape index (κ1) is 16.3. The van der Waals surface area contributed by atoms with E-state index in [2.05, 4.69) is 5.73 Å². The molecule has 0 saturated heterocycles. The van der Waals surface area contributed by atoms with Crippen LogP contribution in [0.3, 0.4) is 0 Å². The summed E-state index contributed by atoms with van der Waals surface area (Å²) in [5.74, 6) is 0. The lowest BCUT2D eigenvalue weighted by Crippen LogP contribution is -2.12. The summed E-state index contributed by atoms with van der Waals surface area (Å²) < 4.78 is 24.7. The summed E-state index contributed by atoms with van der Waals surface area (Å²) in [7, 11) is -3.73. The number of benzene rings is 2. The van der Waals surface area contributed by atoms with Crippen molar-refractivity contribution in [3.05, 3.63) is 90.3 Å². The van der Waals surface area contributed by atoms with Crippen molar-refractivity contribution in [1.82, 2.24) is 9.78 Å². The molecule has 3 aromatic rings. The highest BCUT2D eigenvalue weighted by atomic mass is 32.2. The summed E-state index contributed by atoms with van der Waals surface area (Å²) in [6, 6.07) is 18.2. The largest absolute Gasteiger partial charge is 0.238 e. The Morgan fingerprint density at radius 1 is 1.00 bits per heavy atom. The van der Waals surface area contributed by atoms with Gasteiger partial charge in [-0.3, -0.25) is 0 Å². The van der Waals surface area contributed by atoms with Gasteiger partial charge in [-0.1, -0.05) is 36.4 Å². The van der Waals surface area contributed by atoms with Crippen LogP contribution in [0.1, 0.15) is 5.69 Å². The molecule has 26 heavy (non-hydrogen) atoms. The van der Waals surface area contributed by atoms with Crippen molar-refractivity contribution in [2.24, 2.45) is 5.14 Å². The Labute approximate surface area is 151 Å². The minimum absolute atomic E-state index is 0.0688. The lowest BCUT2D eigenvalue weighted by Gasteiger charge is -2.08. The monoisotopic (exact) mass is 361 g/mol. The minimum atomic E-state index is -3.73. The van der Waals surface area contributed by atoms with Crippen LogP contribution in [0.15, 0.2) is 89.5 Å². The number of allylic oxidation sites excluding steroid dienone is 3. The Morgan fingerprint density at radius 3 is 2.35 bits per heavy atom. The molecule has 0 amide bonds. The normalized spacial score (nSPS) is 13.2. The van der Waals surface area contributed by atoms with Gasteiger partial charge < -0.3 is 0 Å². The molecule has 1 aliphatic carbocycles. The van der Waals surface area contributed by atoms with Gasteiger partial charge in [-0.25, -0.2) is 18.2 Å². The summed E-state index contributed by atoms with van der Waals surface area (Å²) in [5.41, 5.74) is 7.51. The molecule has 0 bridgehead atoms. The standard InChI is InChI=1S/C20H15N3O2S/c21-26(24,25)18-12-10-17(11-13-18)23-20(16-8-2-1-3-9-16)14-19(22-23)15-6-4-5-7-15/h1-6,8-14H,(H2,21,24,25). The van der Waals surface area contributed by atoms with E-state index >= 15 is 0 Å². The molecule has 0 aliphatic heterocycles. The van der Waals surface area contributed by atoms with Crippen LogP contribution in [0, 0.1) is 0 Å². The van der Waals surface area contributed by atoms with E-state index in [9.17, 15) is 8.42 Å². The molecule has 1 aliphatic rings. The molecular formula is C20H15N3O2S. The maximum Gasteiger partial charge on any atom is 0.238 e. The zero-order valence-corrected chi connectivity index (χ0v) is 14.5. The van der Waals surface area contributed by atoms with Crippen molar-refractivity contribution in [3.8, 4) is 16.9 Å². The zero-order valence-electron chi connectivity index (χ0n) is 13.7. The molecule has 0 radical (unpaired) electrons. The van der Waals surface area contributed by atoms with E-state index in [1.165, 1.54) is 12.1 Å². The van der Waals surface area contributed by atoms with Crippen LogP contribution in [-0.2, 0) is 10.0 Å². The number of primary sulfonamides is 1. The molecule has 0 unspecified atom stereocenters. The average Bonchev–Trinajstić information content (AvgIpc) is 3.31. The van der Waals surface area contributed by atoms with Gasteiger partial charge in [0.15, 0.2) is 0 Å². The van der Waals surface area contributed by atoms with Crippen molar-refractivity contribution < 1.29 is 8.42 Å². The summed E-state index contributed by atoms with van der Waals surface area (Å²) in [5, 5.41) is 9.88. The predicted molar refractivity (Wildman–Crippen MR) is 101 cm³/mol. The topological polar surface area (TPSA) is 78.0 Å². The Kier molecular flexibility index (Phi) is 3.93. The van der Waals surface area contributed by atoms with Gasteiger partial charge in [0.05, 0.1) is 16.3 Å². The fourth-order valence-corrected chi connectivity index (χ4v) is 3.31. The second kappa shape index (κ2) is 6.28. The van der Waals surface area contributed by atoms with Gasteiger partial charge in [0, 0.05) is 11.1 Å². The fourth-order valence-electron chi connectivity index (χ4n) is 2.79. The quantitative estimate of drug-likeness (QED) is 0.724. The first-order chi connectivity index (χ1) is 12.5. The maximum atomic E-state index is 11.5. The smallest absolute Gasteiger partial charge is 0.232 e. The van der Waals surface area contributed by atoms with Crippen molar-refractivity contribution in [1.29, 1.82) is 0 Å². The number of nitrogens with two attached hydrogens (primary N) is 1. The highest BCUT2D eigenvalue weighted by Gasteiger charge is 2.15. The van der Waals surface area contributed by atoms with E-state index in [-0.39, 0.29) is 4.90 Å². The highest BCUT2D eigenvalue weighted by Crippen LogP contribution is 2.28. The molecular weight excluding hydrogens is 346 g/mol. The number of aromatic nitrogens is 2. The third-order valence-corrected chi connectivity index (χ3v) is 4.99. The van der Waals surface area contributed by atoms with E-state index < -0.39 is 10.0 Å². The Bertz CT molecular complexity index is 1170. The van der Waals surface area contributed by atoms with Crippen molar-refractivity contribution in [2.75, 3.05) is 0 Å². The molecule has 0 spiro atoms. The third-order valence-electron chi connectivity index (χ3n) is 4.06. The minimum Gasteiger partial charge on any atom is -0.232 e. The summed E-state index contributed by atoms with van der Waals surface area (Å²) in [4.78, 5) is 0.0688. The second-order valence-electron chi connectivity index (χ2n) is 5.82. The molecule has 6 heteroatoms. The molecule has 128 valence electrons. The van der Waals surface area contributed by atoms with E-state index in [0.29, 0.717) is 0 Å². The van der Waals surface area contributed by atoms with Gasteiger partial charge in [-0.05, 0) is 42.5 Å². The SMILES string of the molecule is NS(=O)(=O)c1ccc(-n2nc(C3=C=CC=C3)cc2-c2ccccc2)cc1. The molecule has 0 fully saturated rings. The lowest BCUT2D eigenvalue weighted by molar-refractivity contribution is 0.598. The molecule has 1 heterocycles. The average molecular weight is 361 g/mol. The van der Waals surface area contributed by atoms with E-state index in [0.717, 1.165) is 28.2 Å². The van der Waals surface area contributed by atoms with Gasteiger partial charge in [0.2, 0.25) is 10.0 Å². The van der Waals surface area contributed by atoms with Gasteiger partial charge in [-0.15, -0.1) is 5.73 Å². The van der Waals surface area contributed by atoms with Crippen molar-refractivity contribution >= 4 is 15.6 Å². The van der Waals surface area contributed by atoms with Gasteiger partial charge in [0.25, 0.3) is 0 Å². The van der Waals surface area contributed by atoms with Gasteiger partial charge in [-0.2, -0.15) is 5.10 Å². The molecule has 4 rings (SSSR count). The number of hydrogen-bond acceptors (Lipinski definition) is 3. The zero-order chi connectivity index (χ0) is 18.1. The fraction of sp³-hybridized carbons (Fsp3) is 0. The first-order valence-corrected chi connectivity index (χ1v) is 9.49. The third kappa shape index (κ3) is 3.05. The van der Waals surface area contributed by atoms with E-state index in [4.69, 9.17) is 10.2 Å². The van der Waals surface area contributed by atoms with E-state index in [1.807, 2.05) is 54.6 Å². The summed E-state index contributed by atoms with van der Waals surface area (Å²) in [6.45, 7) is 0. The van der Waals surface area contributed by atoms with Crippen LogP contribution in [0.5, 0.6) is 0 Å². The molecule has 0 atom stereocenters. The molecule has 1 aromatic heterocycles. The molecule has 2 N–H and O–H groups in total.